The molecule has 3 aromatic carbocycles. The molecule has 4 rings (SSSR count). The second kappa shape index (κ2) is 12.7. The van der Waals surface area contributed by atoms with Gasteiger partial charge in [0, 0.05) is 22.9 Å². The number of hydrogen-bond acceptors (Lipinski definition) is 5. The van der Waals surface area contributed by atoms with Crippen molar-refractivity contribution < 1.29 is 23.5 Å². The number of benzene rings is 3. The molecule has 0 unspecified atom stereocenters. The average Bonchev–Trinajstić information content (AvgIpc) is 3.46. The van der Waals surface area contributed by atoms with Crippen molar-refractivity contribution in [2.45, 2.75) is 6.92 Å². The van der Waals surface area contributed by atoms with E-state index in [-0.39, 0.29) is 11.5 Å². The Morgan fingerprint density at radius 1 is 0.842 bits per heavy atom. The minimum Gasteiger partial charge on any atom is -0.494 e. The number of anilines is 1. The number of rotatable bonds is 10. The molecule has 0 saturated carbocycles. The van der Waals surface area contributed by atoms with E-state index in [4.69, 9.17) is 9.15 Å². The molecule has 0 aliphatic carbocycles. The Labute approximate surface area is 220 Å². The van der Waals surface area contributed by atoms with Gasteiger partial charge in [0.05, 0.1) is 12.9 Å². The molecule has 0 spiro atoms. The zero-order valence-corrected chi connectivity index (χ0v) is 20.7. The van der Waals surface area contributed by atoms with Gasteiger partial charge in [-0.1, -0.05) is 36.4 Å². The van der Waals surface area contributed by atoms with Crippen molar-refractivity contribution >= 4 is 35.4 Å². The Balaban J connectivity index is 1.42. The maximum atomic E-state index is 13.0. The zero-order chi connectivity index (χ0) is 26.7. The van der Waals surface area contributed by atoms with Gasteiger partial charge in [-0.3, -0.25) is 14.4 Å². The summed E-state index contributed by atoms with van der Waals surface area (Å²) in [6.45, 7) is 2.51. The number of hydrogen-bond donors (Lipinski definition) is 2. The predicted octanol–water partition coefficient (Wildman–Crippen LogP) is 5.98. The molecule has 1 heterocycles. The highest BCUT2D eigenvalue weighted by Crippen LogP contribution is 2.16. The van der Waals surface area contributed by atoms with E-state index in [1.165, 1.54) is 18.4 Å². The molecule has 7 nitrogen and oxygen atoms in total. The maximum Gasteiger partial charge on any atom is 0.272 e. The van der Waals surface area contributed by atoms with Crippen molar-refractivity contribution in [3.8, 4) is 5.75 Å². The van der Waals surface area contributed by atoms with E-state index in [0.717, 1.165) is 11.3 Å². The normalized spacial score (nSPS) is 11.2. The molecule has 38 heavy (non-hydrogen) atoms. The SMILES string of the molecule is CCOc1ccc(/C=C/C(=O)c2ccc(NC(=O)/C(=C/c3ccco3)NC(=O)c3ccccc3)cc2)cc1. The van der Waals surface area contributed by atoms with Gasteiger partial charge in [-0.05, 0) is 79.2 Å². The third-order valence-electron chi connectivity index (χ3n) is 5.40. The molecule has 0 fully saturated rings. The molecule has 0 radical (unpaired) electrons. The second-order valence-electron chi connectivity index (χ2n) is 8.12. The summed E-state index contributed by atoms with van der Waals surface area (Å²) in [6, 6.07) is 25.9. The van der Waals surface area contributed by atoms with Crippen LogP contribution in [0.4, 0.5) is 5.69 Å². The van der Waals surface area contributed by atoms with E-state index in [1.807, 2.05) is 31.2 Å². The van der Waals surface area contributed by atoms with Crippen LogP contribution in [0.5, 0.6) is 5.75 Å². The summed E-state index contributed by atoms with van der Waals surface area (Å²) in [5.74, 6) is 0.0310. The van der Waals surface area contributed by atoms with Crippen LogP contribution in [0.2, 0.25) is 0 Å². The fourth-order valence-electron chi connectivity index (χ4n) is 3.48. The van der Waals surface area contributed by atoms with Gasteiger partial charge >= 0.3 is 0 Å². The fourth-order valence-corrected chi connectivity index (χ4v) is 3.48. The molecule has 0 aliphatic rings. The van der Waals surface area contributed by atoms with E-state index in [9.17, 15) is 14.4 Å². The lowest BCUT2D eigenvalue weighted by molar-refractivity contribution is -0.113. The molecular weight excluding hydrogens is 480 g/mol. The van der Waals surface area contributed by atoms with Gasteiger partial charge in [0.2, 0.25) is 0 Å². The largest absolute Gasteiger partial charge is 0.494 e. The number of carbonyl (C=O) groups excluding carboxylic acids is 3. The topological polar surface area (TPSA) is 97.6 Å². The zero-order valence-electron chi connectivity index (χ0n) is 20.7. The van der Waals surface area contributed by atoms with E-state index in [2.05, 4.69) is 10.6 Å². The van der Waals surface area contributed by atoms with E-state index < -0.39 is 11.8 Å². The van der Waals surface area contributed by atoms with Crippen molar-refractivity contribution in [1.82, 2.24) is 5.32 Å². The molecule has 4 aromatic rings. The Hall–Kier alpha value is -5.17. The lowest BCUT2D eigenvalue weighted by atomic mass is 10.1. The van der Waals surface area contributed by atoms with Crippen molar-refractivity contribution in [2.24, 2.45) is 0 Å². The average molecular weight is 507 g/mol. The molecule has 2 N–H and O–H groups in total. The molecule has 1 aromatic heterocycles. The van der Waals surface area contributed by atoms with Crippen LogP contribution in [0.3, 0.4) is 0 Å². The van der Waals surface area contributed by atoms with Gasteiger partial charge in [0.1, 0.15) is 17.2 Å². The highest BCUT2D eigenvalue weighted by molar-refractivity contribution is 6.11. The van der Waals surface area contributed by atoms with Crippen LogP contribution < -0.4 is 15.4 Å². The third-order valence-corrected chi connectivity index (χ3v) is 5.40. The summed E-state index contributed by atoms with van der Waals surface area (Å²) in [5, 5.41) is 5.39. The molecule has 190 valence electrons. The lowest BCUT2D eigenvalue weighted by Crippen LogP contribution is -2.30. The van der Waals surface area contributed by atoms with Gasteiger partial charge in [-0.15, -0.1) is 0 Å². The minimum atomic E-state index is -0.542. The van der Waals surface area contributed by atoms with Crippen molar-refractivity contribution in [3.63, 3.8) is 0 Å². The van der Waals surface area contributed by atoms with Crippen LogP contribution in [-0.2, 0) is 4.79 Å². The molecule has 0 atom stereocenters. The van der Waals surface area contributed by atoms with Crippen LogP contribution in [0.1, 0.15) is 39.0 Å². The van der Waals surface area contributed by atoms with E-state index in [1.54, 1.807) is 72.8 Å². The molecule has 7 heteroatoms. The van der Waals surface area contributed by atoms with Gasteiger partial charge in [-0.2, -0.15) is 0 Å². The molecule has 0 saturated heterocycles. The number of furan rings is 1. The quantitative estimate of drug-likeness (QED) is 0.204. The first-order valence-electron chi connectivity index (χ1n) is 12.0. The predicted molar refractivity (Wildman–Crippen MR) is 147 cm³/mol. The Bertz CT molecular complexity index is 1440. The molecule has 2 amide bonds. The van der Waals surface area contributed by atoms with Crippen molar-refractivity contribution in [1.29, 1.82) is 0 Å². The lowest BCUT2D eigenvalue weighted by Gasteiger charge is -2.11. The Morgan fingerprint density at radius 3 is 2.24 bits per heavy atom. The molecular formula is C31H26N2O5. The van der Waals surface area contributed by atoms with Gasteiger partial charge in [0.15, 0.2) is 5.78 Å². The first-order valence-corrected chi connectivity index (χ1v) is 12.0. The number of carbonyl (C=O) groups is 3. The summed E-state index contributed by atoms with van der Waals surface area (Å²) in [6.07, 6.45) is 6.14. The standard InChI is InChI=1S/C31H26N2O5/c1-2-37-26-17-10-22(11-18-26)12-19-29(34)23-13-15-25(16-14-23)32-31(36)28(21-27-9-6-20-38-27)33-30(35)24-7-4-3-5-8-24/h3-21H,2H2,1H3,(H,32,36)(H,33,35)/b19-12+,28-21-. The van der Waals surface area contributed by atoms with Gasteiger partial charge < -0.3 is 19.8 Å². The number of amides is 2. The summed E-state index contributed by atoms with van der Waals surface area (Å²) in [5.41, 5.74) is 2.22. The maximum absolute atomic E-state index is 13.0. The minimum absolute atomic E-state index is 0.00671. The fraction of sp³-hybridized carbons (Fsp3) is 0.0645. The van der Waals surface area contributed by atoms with Crippen LogP contribution in [0.15, 0.2) is 113 Å². The van der Waals surface area contributed by atoms with Crippen molar-refractivity contribution in [3.05, 3.63) is 131 Å². The summed E-state index contributed by atoms with van der Waals surface area (Å²) < 4.78 is 10.7. The van der Waals surface area contributed by atoms with Gasteiger partial charge in [-0.25, -0.2) is 0 Å². The smallest absolute Gasteiger partial charge is 0.272 e. The Kier molecular flexibility index (Phi) is 8.65. The number of ether oxygens (including phenoxy) is 1. The van der Waals surface area contributed by atoms with Crippen LogP contribution in [0.25, 0.3) is 12.2 Å². The van der Waals surface area contributed by atoms with E-state index in [0.29, 0.717) is 29.2 Å². The summed E-state index contributed by atoms with van der Waals surface area (Å²) in [7, 11) is 0. The third kappa shape index (κ3) is 7.18. The van der Waals surface area contributed by atoms with Crippen LogP contribution in [-0.4, -0.2) is 24.2 Å². The van der Waals surface area contributed by atoms with Crippen molar-refractivity contribution in [2.75, 3.05) is 11.9 Å². The van der Waals surface area contributed by atoms with Crippen LogP contribution in [0, 0.1) is 0 Å². The van der Waals surface area contributed by atoms with Gasteiger partial charge in [0.25, 0.3) is 11.8 Å². The summed E-state index contributed by atoms with van der Waals surface area (Å²) in [4.78, 5) is 38.3. The molecule has 0 aliphatic heterocycles. The first-order chi connectivity index (χ1) is 18.5. The highest BCUT2D eigenvalue weighted by atomic mass is 16.5. The highest BCUT2D eigenvalue weighted by Gasteiger charge is 2.16. The first kappa shape index (κ1) is 25.9. The number of ketones is 1. The number of nitrogens with one attached hydrogen (secondary N) is 2. The Morgan fingerprint density at radius 2 is 1.58 bits per heavy atom. The summed E-state index contributed by atoms with van der Waals surface area (Å²) >= 11 is 0. The second-order valence-corrected chi connectivity index (χ2v) is 8.12. The monoisotopic (exact) mass is 506 g/mol. The van der Waals surface area contributed by atoms with E-state index >= 15 is 0 Å². The number of allylic oxidation sites excluding steroid dienone is 1. The van der Waals surface area contributed by atoms with Crippen LogP contribution >= 0.6 is 0 Å². The molecule has 0 bridgehead atoms.